The Morgan fingerprint density at radius 2 is 1.97 bits per heavy atom. The number of aryl methyl sites for hydroxylation is 1. The first-order valence-corrected chi connectivity index (χ1v) is 10.5. The third-order valence-electron chi connectivity index (χ3n) is 5.01. The molecule has 2 aromatic rings. The molecule has 3 rings (SSSR count). The van der Waals surface area contributed by atoms with E-state index in [1.54, 1.807) is 31.4 Å². The Hall–Kier alpha value is -2.35. The molecule has 1 aliphatic heterocycles. The molecule has 0 bridgehead atoms. The van der Waals surface area contributed by atoms with E-state index in [-0.39, 0.29) is 28.6 Å². The van der Waals surface area contributed by atoms with E-state index in [2.05, 4.69) is 15.9 Å². The standard InChI is InChI=1S/C22H21BrClNO5/c1-12-10-14(4-6-15(12)23)20(27)18-19(13-5-7-17(26)16(24)11-13)25(8-3-9-30-2)22(29)21(18)28/h4-7,10-11,19,26-27H,3,8-9H2,1-2H3/b20-18-. The van der Waals surface area contributed by atoms with Gasteiger partial charge in [0, 0.05) is 30.3 Å². The van der Waals surface area contributed by atoms with Gasteiger partial charge in [-0.15, -0.1) is 0 Å². The zero-order valence-electron chi connectivity index (χ0n) is 16.5. The van der Waals surface area contributed by atoms with Gasteiger partial charge in [-0.25, -0.2) is 0 Å². The fourth-order valence-electron chi connectivity index (χ4n) is 3.48. The number of Topliss-reactive ketones (excluding diaryl/α,β-unsaturated/α-hetero) is 1. The number of aliphatic hydroxyl groups excluding tert-OH is 1. The number of hydrogen-bond donors (Lipinski definition) is 2. The molecule has 1 heterocycles. The van der Waals surface area contributed by atoms with Crippen LogP contribution in [0.3, 0.4) is 0 Å². The number of ether oxygens (including phenoxy) is 1. The Morgan fingerprint density at radius 3 is 2.60 bits per heavy atom. The fraction of sp³-hybridized carbons (Fsp3) is 0.273. The Labute approximate surface area is 187 Å². The van der Waals surface area contributed by atoms with Gasteiger partial charge in [-0.05, 0) is 48.7 Å². The third-order valence-corrected chi connectivity index (χ3v) is 6.20. The highest BCUT2D eigenvalue weighted by Gasteiger charge is 2.45. The summed E-state index contributed by atoms with van der Waals surface area (Å²) in [7, 11) is 1.56. The van der Waals surface area contributed by atoms with Gasteiger partial charge in [-0.3, -0.25) is 9.59 Å². The number of benzene rings is 2. The van der Waals surface area contributed by atoms with Crippen LogP contribution in [0.15, 0.2) is 46.4 Å². The normalized spacial score (nSPS) is 18.3. The van der Waals surface area contributed by atoms with Crippen LogP contribution in [0.25, 0.3) is 5.76 Å². The number of aromatic hydroxyl groups is 1. The van der Waals surface area contributed by atoms with Crippen LogP contribution >= 0.6 is 27.5 Å². The van der Waals surface area contributed by atoms with Gasteiger partial charge in [-0.1, -0.05) is 39.7 Å². The van der Waals surface area contributed by atoms with Crippen LogP contribution in [0.4, 0.5) is 0 Å². The molecule has 8 heteroatoms. The van der Waals surface area contributed by atoms with E-state index < -0.39 is 17.7 Å². The first kappa shape index (κ1) is 22.3. The van der Waals surface area contributed by atoms with Gasteiger partial charge in [0.2, 0.25) is 0 Å². The average Bonchev–Trinajstić information content (AvgIpc) is 2.96. The number of ketones is 1. The molecule has 0 aliphatic carbocycles. The summed E-state index contributed by atoms with van der Waals surface area (Å²) in [5.41, 5.74) is 1.81. The molecule has 1 saturated heterocycles. The van der Waals surface area contributed by atoms with Gasteiger partial charge in [0.05, 0.1) is 16.6 Å². The van der Waals surface area contributed by atoms with E-state index in [1.165, 1.54) is 17.0 Å². The number of amides is 1. The molecule has 0 spiro atoms. The van der Waals surface area contributed by atoms with Gasteiger partial charge in [-0.2, -0.15) is 0 Å². The van der Waals surface area contributed by atoms with Crippen LogP contribution < -0.4 is 0 Å². The van der Waals surface area contributed by atoms with Crippen LogP contribution in [0.2, 0.25) is 5.02 Å². The Bertz CT molecular complexity index is 1040. The second kappa shape index (κ2) is 9.20. The molecule has 2 aromatic carbocycles. The molecule has 2 N–H and O–H groups in total. The largest absolute Gasteiger partial charge is 0.507 e. The van der Waals surface area contributed by atoms with Gasteiger partial charge in [0.1, 0.15) is 11.5 Å². The predicted octanol–water partition coefficient (Wildman–Crippen LogP) is 4.57. The van der Waals surface area contributed by atoms with Crippen molar-refractivity contribution in [2.75, 3.05) is 20.3 Å². The molecule has 158 valence electrons. The zero-order valence-corrected chi connectivity index (χ0v) is 18.8. The van der Waals surface area contributed by atoms with Crippen molar-refractivity contribution >= 4 is 45.0 Å². The Balaban J connectivity index is 2.16. The van der Waals surface area contributed by atoms with Crippen LogP contribution in [0.5, 0.6) is 5.75 Å². The zero-order chi connectivity index (χ0) is 22.0. The summed E-state index contributed by atoms with van der Waals surface area (Å²) in [4.78, 5) is 27.1. The number of hydrogen-bond acceptors (Lipinski definition) is 5. The van der Waals surface area contributed by atoms with Gasteiger partial charge in [0.15, 0.2) is 0 Å². The second-order valence-electron chi connectivity index (χ2n) is 7.01. The van der Waals surface area contributed by atoms with Gasteiger partial charge in [0.25, 0.3) is 11.7 Å². The molecule has 0 aromatic heterocycles. The number of carbonyl (C=O) groups is 2. The lowest BCUT2D eigenvalue weighted by Crippen LogP contribution is -2.31. The molecule has 30 heavy (non-hydrogen) atoms. The van der Waals surface area contributed by atoms with E-state index in [1.807, 2.05) is 6.92 Å². The Kier molecular flexibility index (Phi) is 6.85. The lowest BCUT2D eigenvalue weighted by molar-refractivity contribution is -0.140. The molecule has 0 radical (unpaired) electrons. The number of phenolic OH excluding ortho intramolecular Hbond substituents is 1. The first-order chi connectivity index (χ1) is 14.3. The maximum atomic E-state index is 12.9. The van der Waals surface area contributed by atoms with Crippen molar-refractivity contribution in [3.8, 4) is 5.75 Å². The number of nitrogens with zero attached hydrogens (tertiary/aromatic N) is 1. The maximum Gasteiger partial charge on any atom is 0.295 e. The molecule has 1 amide bonds. The van der Waals surface area contributed by atoms with Crippen LogP contribution in [0.1, 0.15) is 29.2 Å². The van der Waals surface area contributed by atoms with Crippen molar-refractivity contribution in [3.63, 3.8) is 0 Å². The lowest BCUT2D eigenvalue weighted by atomic mass is 9.94. The smallest absolute Gasteiger partial charge is 0.295 e. The molecular weight excluding hydrogens is 474 g/mol. The fourth-order valence-corrected chi connectivity index (χ4v) is 3.91. The summed E-state index contributed by atoms with van der Waals surface area (Å²) in [5, 5.41) is 20.9. The van der Waals surface area contributed by atoms with E-state index >= 15 is 0 Å². The maximum absolute atomic E-state index is 12.9. The Morgan fingerprint density at radius 1 is 1.23 bits per heavy atom. The summed E-state index contributed by atoms with van der Waals surface area (Å²) < 4.78 is 5.93. The monoisotopic (exact) mass is 493 g/mol. The number of carbonyl (C=O) groups excluding carboxylic acids is 2. The summed E-state index contributed by atoms with van der Waals surface area (Å²) >= 11 is 9.49. The van der Waals surface area contributed by atoms with Crippen molar-refractivity contribution in [3.05, 3.63) is 68.2 Å². The van der Waals surface area contributed by atoms with E-state index in [9.17, 15) is 19.8 Å². The molecule has 1 atom stereocenters. The minimum Gasteiger partial charge on any atom is -0.507 e. The molecule has 0 saturated carbocycles. The van der Waals surface area contributed by atoms with Crippen LogP contribution in [-0.4, -0.2) is 47.1 Å². The highest BCUT2D eigenvalue weighted by molar-refractivity contribution is 9.10. The number of rotatable bonds is 6. The van der Waals surface area contributed by atoms with Crippen molar-refractivity contribution < 1.29 is 24.5 Å². The molecular formula is C22H21BrClNO5. The SMILES string of the molecule is COCCCN1C(=O)C(=O)/C(=C(\O)c2ccc(Br)c(C)c2)C1c1ccc(O)c(Cl)c1. The third kappa shape index (κ3) is 4.24. The van der Waals surface area contributed by atoms with Crippen LogP contribution in [-0.2, 0) is 14.3 Å². The number of methoxy groups -OCH3 is 1. The van der Waals surface area contributed by atoms with Crippen LogP contribution in [0, 0.1) is 6.92 Å². The highest BCUT2D eigenvalue weighted by atomic mass is 79.9. The average molecular weight is 495 g/mol. The summed E-state index contributed by atoms with van der Waals surface area (Å²) in [6.45, 7) is 2.54. The number of likely N-dealkylation sites (tertiary alicyclic amines) is 1. The summed E-state index contributed by atoms with van der Waals surface area (Å²) in [6.07, 6.45) is 0.517. The number of aliphatic hydroxyl groups is 1. The highest BCUT2D eigenvalue weighted by Crippen LogP contribution is 2.41. The van der Waals surface area contributed by atoms with E-state index in [4.69, 9.17) is 16.3 Å². The molecule has 6 nitrogen and oxygen atoms in total. The van der Waals surface area contributed by atoms with Gasteiger partial charge >= 0.3 is 0 Å². The van der Waals surface area contributed by atoms with E-state index in [0.717, 1.165) is 10.0 Å². The number of phenols is 1. The lowest BCUT2D eigenvalue weighted by Gasteiger charge is -2.25. The first-order valence-electron chi connectivity index (χ1n) is 9.28. The predicted molar refractivity (Wildman–Crippen MR) is 117 cm³/mol. The number of halogens is 2. The summed E-state index contributed by atoms with van der Waals surface area (Å²) in [6, 6.07) is 8.83. The van der Waals surface area contributed by atoms with E-state index in [0.29, 0.717) is 24.2 Å². The minimum absolute atomic E-state index is 0.0131. The van der Waals surface area contributed by atoms with Crippen molar-refractivity contribution in [2.45, 2.75) is 19.4 Å². The molecule has 1 aliphatic rings. The van der Waals surface area contributed by atoms with Gasteiger partial charge < -0.3 is 19.8 Å². The van der Waals surface area contributed by atoms with Crippen molar-refractivity contribution in [2.24, 2.45) is 0 Å². The van der Waals surface area contributed by atoms with Crippen molar-refractivity contribution in [1.82, 2.24) is 4.90 Å². The molecule has 1 fully saturated rings. The second-order valence-corrected chi connectivity index (χ2v) is 8.28. The molecule has 1 unspecified atom stereocenters. The minimum atomic E-state index is -0.830. The summed E-state index contributed by atoms with van der Waals surface area (Å²) in [5.74, 6) is -1.83. The quantitative estimate of drug-likeness (QED) is 0.266. The topological polar surface area (TPSA) is 87.1 Å². The van der Waals surface area contributed by atoms with Crippen molar-refractivity contribution in [1.29, 1.82) is 0 Å².